The predicted octanol–water partition coefficient (Wildman–Crippen LogP) is 2.39. The molecule has 0 aliphatic carbocycles. The van der Waals surface area contributed by atoms with Crippen molar-refractivity contribution in [2.24, 2.45) is 0 Å². The molecule has 2 aromatic heterocycles. The molecule has 0 spiro atoms. The van der Waals surface area contributed by atoms with Gasteiger partial charge in [-0.05, 0) is 38.1 Å². The molecule has 1 fully saturated rings. The summed E-state index contributed by atoms with van der Waals surface area (Å²) in [6.45, 7) is 2.96. The van der Waals surface area contributed by atoms with Crippen molar-refractivity contribution in [1.29, 1.82) is 0 Å². The second-order valence-corrected chi connectivity index (χ2v) is 6.32. The summed E-state index contributed by atoms with van der Waals surface area (Å²) in [6.07, 6.45) is -1.80. The van der Waals surface area contributed by atoms with Crippen molar-refractivity contribution in [3.05, 3.63) is 45.8 Å². The van der Waals surface area contributed by atoms with Gasteiger partial charge in [-0.3, -0.25) is 10.1 Å². The van der Waals surface area contributed by atoms with Crippen molar-refractivity contribution in [2.75, 3.05) is 6.61 Å². The number of hydrogen-bond donors (Lipinski definition) is 2. The minimum Gasteiger partial charge on any atom is -0.507 e. The van der Waals surface area contributed by atoms with Crippen molar-refractivity contribution in [1.82, 2.24) is 5.32 Å². The van der Waals surface area contributed by atoms with Gasteiger partial charge < -0.3 is 23.4 Å². The second-order valence-electron chi connectivity index (χ2n) is 6.32. The fraction of sp³-hybridized carbons (Fsp3) is 0.211. The average Bonchev–Trinajstić information content (AvgIpc) is 3.22. The molecular formula is C19H15NO8. The molecule has 1 aromatic carbocycles. The number of furan rings is 1. The fourth-order valence-corrected chi connectivity index (χ4v) is 2.86. The van der Waals surface area contributed by atoms with E-state index in [1.165, 1.54) is 6.92 Å². The first kappa shape index (κ1) is 17.7. The minimum absolute atomic E-state index is 0.129. The second kappa shape index (κ2) is 6.45. The van der Waals surface area contributed by atoms with Crippen LogP contribution in [0.1, 0.15) is 11.1 Å². The van der Waals surface area contributed by atoms with Crippen LogP contribution in [0.2, 0.25) is 0 Å². The standard InChI is InChI=1S/C19H15NO8/c1-8-15(21)9(2)18(23)28-16(8)13-6-10-5-11(3-4-12(10)26-13)25-7-14-17(22)20-19(24)27-14/h3-6,14,21H,7H2,1-2H3,(H,20,22,24). The van der Waals surface area contributed by atoms with Gasteiger partial charge in [0.1, 0.15) is 23.7 Å². The normalized spacial score (nSPS) is 16.3. The molecule has 2 N–H and O–H groups in total. The highest BCUT2D eigenvalue weighted by atomic mass is 16.6. The van der Waals surface area contributed by atoms with E-state index in [0.29, 0.717) is 22.3 Å². The molecule has 1 unspecified atom stereocenters. The number of rotatable bonds is 4. The van der Waals surface area contributed by atoms with Crippen LogP contribution in [0.15, 0.2) is 37.9 Å². The number of aromatic hydroxyl groups is 1. The van der Waals surface area contributed by atoms with Crippen LogP contribution in [0.5, 0.6) is 11.5 Å². The molecule has 0 saturated carbocycles. The molecule has 1 atom stereocenters. The van der Waals surface area contributed by atoms with Gasteiger partial charge in [0.15, 0.2) is 11.5 Å². The number of benzene rings is 1. The molecule has 3 aromatic rings. The zero-order valence-electron chi connectivity index (χ0n) is 14.9. The lowest BCUT2D eigenvalue weighted by molar-refractivity contribution is -0.124. The number of hydrogen-bond acceptors (Lipinski definition) is 8. The van der Waals surface area contributed by atoms with Crippen LogP contribution in [-0.2, 0) is 9.53 Å². The smallest absolute Gasteiger partial charge is 0.414 e. The molecule has 1 aliphatic rings. The summed E-state index contributed by atoms with van der Waals surface area (Å²) in [7, 11) is 0. The molecule has 1 aliphatic heterocycles. The lowest BCUT2D eigenvalue weighted by Gasteiger charge is -2.08. The van der Waals surface area contributed by atoms with E-state index in [1.54, 1.807) is 31.2 Å². The molecule has 2 amide bonds. The first-order valence-electron chi connectivity index (χ1n) is 8.35. The Morgan fingerprint density at radius 2 is 1.89 bits per heavy atom. The molecule has 0 radical (unpaired) electrons. The lowest BCUT2D eigenvalue weighted by Crippen LogP contribution is -2.29. The van der Waals surface area contributed by atoms with Gasteiger partial charge in [-0.2, -0.15) is 0 Å². The maximum absolute atomic E-state index is 11.9. The van der Waals surface area contributed by atoms with Gasteiger partial charge in [-0.15, -0.1) is 0 Å². The van der Waals surface area contributed by atoms with Crippen LogP contribution < -0.4 is 15.7 Å². The summed E-state index contributed by atoms with van der Waals surface area (Å²) in [6, 6.07) is 6.58. The highest BCUT2D eigenvalue weighted by molar-refractivity contribution is 6.00. The molecule has 144 valence electrons. The maximum Gasteiger partial charge on any atom is 0.414 e. The summed E-state index contributed by atoms with van der Waals surface area (Å²) >= 11 is 0. The third-order valence-electron chi connectivity index (χ3n) is 4.43. The summed E-state index contributed by atoms with van der Waals surface area (Å²) in [4.78, 5) is 34.4. The van der Waals surface area contributed by atoms with E-state index in [1.807, 2.05) is 5.32 Å². The van der Waals surface area contributed by atoms with E-state index in [9.17, 15) is 19.5 Å². The summed E-state index contributed by atoms with van der Waals surface area (Å²) < 4.78 is 21.3. The van der Waals surface area contributed by atoms with Crippen LogP contribution in [0.4, 0.5) is 4.79 Å². The zero-order chi connectivity index (χ0) is 20.0. The summed E-state index contributed by atoms with van der Waals surface area (Å²) in [5.41, 5.74) is 0.382. The largest absolute Gasteiger partial charge is 0.507 e. The summed E-state index contributed by atoms with van der Waals surface area (Å²) in [5, 5.41) is 12.7. The van der Waals surface area contributed by atoms with E-state index in [2.05, 4.69) is 0 Å². The van der Waals surface area contributed by atoms with E-state index in [0.717, 1.165) is 0 Å². The highest BCUT2D eigenvalue weighted by Gasteiger charge is 2.32. The van der Waals surface area contributed by atoms with E-state index in [-0.39, 0.29) is 29.4 Å². The van der Waals surface area contributed by atoms with Crippen LogP contribution in [0.25, 0.3) is 22.5 Å². The van der Waals surface area contributed by atoms with Crippen molar-refractivity contribution in [3.8, 4) is 23.0 Å². The van der Waals surface area contributed by atoms with Crippen LogP contribution in [0.3, 0.4) is 0 Å². The molecule has 1 saturated heterocycles. The molecule has 28 heavy (non-hydrogen) atoms. The van der Waals surface area contributed by atoms with Gasteiger partial charge in [0.05, 0.1) is 5.56 Å². The topological polar surface area (TPSA) is 128 Å². The Hall–Kier alpha value is -3.75. The molecule has 0 bridgehead atoms. The number of ether oxygens (including phenoxy) is 2. The number of fused-ring (bicyclic) bond motifs is 1. The monoisotopic (exact) mass is 385 g/mol. The molecule has 3 heterocycles. The van der Waals surface area contributed by atoms with Crippen LogP contribution in [-0.4, -0.2) is 29.8 Å². The quantitative estimate of drug-likeness (QED) is 0.701. The van der Waals surface area contributed by atoms with Crippen molar-refractivity contribution >= 4 is 23.0 Å². The molecule has 4 rings (SSSR count). The number of amides is 2. The van der Waals surface area contributed by atoms with Gasteiger partial charge in [0.2, 0.25) is 6.10 Å². The zero-order valence-corrected chi connectivity index (χ0v) is 14.9. The van der Waals surface area contributed by atoms with Gasteiger partial charge in [-0.1, -0.05) is 0 Å². The Balaban J connectivity index is 1.61. The summed E-state index contributed by atoms with van der Waals surface area (Å²) in [5.74, 6) is 0.157. The SMILES string of the molecule is Cc1c(-c2cc3cc(OCC4OC(=O)NC4=O)ccc3o2)oc(=O)c(C)c1O. The van der Waals surface area contributed by atoms with Crippen molar-refractivity contribution in [3.63, 3.8) is 0 Å². The highest BCUT2D eigenvalue weighted by Crippen LogP contribution is 2.34. The van der Waals surface area contributed by atoms with Crippen LogP contribution in [0, 0.1) is 13.8 Å². The van der Waals surface area contributed by atoms with E-state index < -0.39 is 23.7 Å². The van der Waals surface area contributed by atoms with Crippen molar-refractivity contribution in [2.45, 2.75) is 20.0 Å². The Labute approximate surface area is 157 Å². The third kappa shape index (κ3) is 2.96. The Kier molecular flexibility index (Phi) is 4.07. The van der Waals surface area contributed by atoms with Gasteiger partial charge in [0, 0.05) is 10.9 Å². The Morgan fingerprint density at radius 1 is 1.11 bits per heavy atom. The van der Waals surface area contributed by atoms with Gasteiger partial charge in [-0.25, -0.2) is 9.59 Å². The van der Waals surface area contributed by atoms with Gasteiger partial charge >= 0.3 is 11.7 Å². The average molecular weight is 385 g/mol. The number of cyclic esters (lactones) is 1. The molecule has 9 nitrogen and oxygen atoms in total. The number of imide groups is 1. The maximum atomic E-state index is 11.9. The molecular weight excluding hydrogens is 370 g/mol. The number of carbonyl (C=O) groups excluding carboxylic acids is 2. The lowest BCUT2D eigenvalue weighted by atomic mass is 10.1. The van der Waals surface area contributed by atoms with E-state index >= 15 is 0 Å². The fourth-order valence-electron chi connectivity index (χ4n) is 2.86. The Bertz CT molecular complexity index is 1170. The first-order chi connectivity index (χ1) is 13.3. The number of nitrogens with one attached hydrogen (secondary N) is 1. The Morgan fingerprint density at radius 3 is 2.61 bits per heavy atom. The number of carbonyl (C=O) groups is 2. The van der Waals surface area contributed by atoms with E-state index in [4.69, 9.17) is 18.3 Å². The molecule has 9 heteroatoms. The first-order valence-corrected chi connectivity index (χ1v) is 8.35. The predicted molar refractivity (Wildman–Crippen MR) is 95.2 cm³/mol. The minimum atomic E-state index is -1.00. The third-order valence-corrected chi connectivity index (χ3v) is 4.43. The number of alkyl carbamates (subject to hydrolysis) is 1. The van der Waals surface area contributed by atoms with Crippen LogP contribution >= 0.6 is 0 Å². The van der Waals surface area contributed by atoms with Crippen molar-refractivity contribution < 1.29 is 33.0 Å². The van der Waals surface area contributed by atoms with Gasteiger partial charge in [0.25, 0.3) is 5.91 Å².